The third-order valence-electron chi connectivity index (χ3n) is 2.00. The molecule has 0 N–H and O–H groups in total. The van der Waals surface area contributed by atoms with Gasteiger partial charge in [-0.15, -0.1) is 0 Å². The van der Waals surface area contributed by atoms with E-state index in [2.05, 4.69) is 6.42 Å². The summed E-state index contributed by atoms with van der Waals surface area (Å²) in [5.74, 6) is 0.323. The summed E-state index contributed by atoms with van der Waals surface area (Å²) in [6, 6.07) is 0. The maximum Gasteiger partial charge on any atom is 0.222 e. The Kier molecular flexibility index (Phi) is 3.40. The number of piperidine rings is 1. The first kappa shape index (κ1) is 8.57. The second-order valence-corrected chi connectivity index (χ2v) is 3.02. The van der Waals surface area contributed by atoms with Crippen LogP contribution in [-0.2, 0) is 4.79 Å². The zero-order chi connectivity index (χ0) is 8.10. The van der Waals surface area contributed by atoms with Crippen LogP contribution in [0.2, 0.25) is 0 Å². The van der Waals surface area contributed by atoms with Gasteiger partial charge in [0.2, 0.25) is 5.91 Å². The molecular weight excluding hydrogens is 138 g/mol. The number of carbonyl (C=O) groups excluding carboxylic acids is 1. The molecule has 1 heterocycles. The van der Waals surface area contributed by atoms with Crippen molar-refractivity contribution in [2.45, 2.75) is 32.6 Å². The summed E-state index contributed by atoms with van der Waals surface area (Å²) in [7, 11) is 0. The Bertz CT molecular complexity index is 128. The number of hydrogen-bond donors (Lipinski definition) is 0. The Labute approximate surface area is 68.6 Å². The minimum absolute atomic E-state index is 0.323. The van der Waals surface area contributed by atoms with E-state index in [0.717, 1.165) is 25.9 Å². The van der Waals surface area contributed by atoms with Crippen LogP contribution in [-0.4, -0.2) is 23.9 Å². The highest BCUT2D eigenvalue weighted by Gasteiger charge is 2.14. The summed E-state index contributed by atoms with van der Waals surface area (Å²) in [5, 5.41) is 0. The quantitative estimate of drug-likeness (QED) is 0.591. The Balaban J connectivity index is 2.27. The van der Waals surface area contributed by atoms with Crippen molar-refractivity contribution in [1.29, 1.82) is 0 Å². The average Bonchev–Trinajstić information content (AvgIpc) is 2.07. The second kappa shape index (κ2) is 4.37. The summed E-state index contributed by atoms with van der Waals surface area (Å²) in [6.45, 7) is 3.89. The number of amides is 1. The van der Waals surface area contributed by atoms with E-state index in [9.17, 15) is 4.79 Å². The summed E-state index contributed by atoms with van der Waals surface area (Å²) in [5.41, 5.74) is 0. The summed E-state index contributed by atoms with van der Waals surface area (Å²) in [4.78, 5) is 13.3. The van der Waals surface area contributed by atoms with E-state index in [1.54, 1.807) is 0 Å². The van der Waals surface area contributed by atoms with E-state index < -0.39 is 0 Å². The van der Waals surface area contributed by atoms with Crippen molar-refractivity contribution in [2.75, 3.05) is 13.1 Å². The van der Waals surface area contributed by atoms with Crippen molar-refractivity contribution in [3.05, 3.63) is 6.42 Å². The van der Waals surface area contributed by atoms with Crippen LogP contribution in [0.5, 0.6) is 0 Å². The van der Waals surface area contributed by atoms with Crippen molar-refractivity contribution in [3.8, 4) is 0 Å². The molecule has 11 heavy (non-hydrogen) atoms. The van der Waals surface area contributed by atoms with Gasteiger partial charge in [-0.2, -0.15) is 0 Å². The molecule has 63 valence electrons. The number of rotatable bonds is 2. The van der Waals surface area contributed by atoms with Crippen LogP contribution in [0.15, 0.2) is 0 Å². The standard InChI is InChI=1S/C9H16NO/c1-2-6-9(11)10-7-4-3-5-8-10/h4H,2-3,5-8H2,1H3. The van der Waals surface area contributed by atoms with Gasteiger partial charge in [-0.25, -0.2) is 0 Å². The van der Waals surface area contributed by atoms with Crippen molar-refractivity contribution >= 4 is 5.91 Å². The molecular formula is C9H16NO. The normalized spacial score (nSPS) is 18.5. The Hall–Kier alpha value is -0.530. The molecule has 1 radical (unpaired) electrons. The van der Waals surface area contributed by atoms with Crippen LogP contribution < -0.4 is 0 Å². The van der Waals surface area contributed by atoms with Gasteiger partial charge in [0.25, 0.3) is 0 Å². The van der Waals surface area contributed by atoms with E-state index in [1.807, 2.05) is 11.8 Å². The van der Waals surface area contributed by atoms with Crippen LogP contribution >= 0.6 is 0 Å². The summed E-state index contributed by atoms with van der Waals surface area (Å²) >= 11 is 0. The molecule has 1 saturated heterocycles. The van der Waals surface area contributed by atoms with Crippen LogP contribution in [0.25, 0.3) is 0 Å². The summed E-state index contributed by atoms with van der Waals surface area (Å²) in [6.07, 6.45) is 6.20. The molecule has 0 spiro atoms. The van der Waals surface area contributed by atoms with E-state index in [1.165, 1.54) is 6.42 Å². The maximum absolute atomic E-state index is 11.3. The lowest BCUT2D eigenvalue weighted by molar-refractivity contribution is -0.131. The van der Waals surface area contributed by atoms with Crippen molar-refractivity contribution in [2.24, 2.45) is 0 Å². The third-order valence-corrected chi connectivity index (χ3v) is 2.00. The van der Waals surface area contributed by atoms with Crippen LogP contribution in [0.1, 0.15) is 32.6 Å². The minimum atomic E-state index is 0.323. The largest absolute Gasteiger partial charge is 0.342 e. The lowest BCUT2D eigenvalue weighted by atomic mass is 10.1. The average molecular weight is 154 g/mol. The highest BCUT2D eigenvalue weighted by molar-refractivity contribution is 5.76. The van der Waals surface area contributed by atoms with Gasteiger partial charge in [-0.05, 0) is 25.7 Å². The van der Waals surface area contributed by atoms with Gasteiger partial charge in [-0.3, -0.25) is 4.79 Å². The molecule has 1 aliphatic rings. The Morgan fingerprint density at radius 3 is 3.00 bits per heavy atom. The van der Waals surface area contributed by atoms with Crippen LogP contribution in [0.3, 0.4) is 0 Å². The molecule has 0 atom stereocenters. The molecule has 2 nitrogen and oxygen atoms in total. The van der Waals surface area contributed by atoms with Crippen molar-refractivity contribution in [1.82, 2.24) is 4.90 Å². The molecule has 0 bridgehead atoms. The molecule has 1 amide bonds. The van der Waals surface area contributed by atoms with Crippen LogP contribution in [0.4, 0.5) is 0 Å². The van der Waals surface area contributed by atoms with E-state index >= 15 is 0 Å². The van der Waals surface area contributed by atoms with E-state index in [4.69, 9.17) is 0 Å². The molecule has 1 aliphatic heterocycles. The first-order chi connectivity index (χ1) is 5.34. The van der Waals surface area contributed by atoms with Gasteiger partial charge in [-0.1, -0.05) is 6.92 Å². The molecule has 0 aromatic heterocycles. The number of carbonyl (C=O) groups is 1. The van der Waals surface area contributed by atoms with E-state index in [-0.39, 0.29) is 0 Å². The van der Waals surface area contributed by atoms with Gasteiger partial charge < -0.3 is 4.90 Å². The Morgan fingerprint density at radius 2 is 2.45 bits per heavy atom. The van der Waals surface area contributed by atoms with Gasteiger partial charge in [0, 0.05) is 19.5 Å². The molecule has 1 rings (SSSR count). The molecule has 2 heteroatoms. The molecule has 1 fully saturated rings. The smallest absolute Gasteiger partial charge is 0.222 e. The third kappa shape index (κ3) is 2.52. The second-order valence-electron chi connectivity index (χ2n) is 3.02. The van der Waals surface area contributed by atoms with Gasteiger partial charge in [0.1, 0.15) is 0 Å². The fourth-order valence-electron chi connectivity index (χ4n) is 1.36. The first-order valence-corrected chi connectivity index (χ1v) is 4.44. The maximum atomic E-state index is 11.3. The Morgan fingerprint density at radius 1 is 1.64 bits per heavy atom. The first-order valence-electron chi connectivity index (χ1n) is 4.44. The highest BCUT2D eigenvalue weighted by Crippen LogP contribution is 2.09. The highest BCUT2D eigenvalue weighted by atomic mass is 16.2. The van der Waals surface area contributed by atoms with Gasteiger partial charge >= 0.3 is 0 Å². The summed E-state index contributed by atoms with van der Waals surface area (Å²) < 4.78 is 0. The lowest BCUT2D eigenvalue weighted by Crippen LogP contribution is -2.35. The minimum Gasteiger partial charge on any atom is -0.342 e. The van der Waals surface area contributed by atoms with Crippen LogP contribution in [0, 0.1) is 6.42 Å². The number of nitrogens with zero attached hydrogens (tertiary/aromatic N) is 1. The molecule has 0 saturated carbocycles. The molecule has 0 aliphatic carbocycles. The topological polar surface area (TPSA) is 20.3 Å². The zero-order valence-electron chi connectivity index (χ0n) is 7.18. The molecule has 0 aromatic rings. The fraction of sp³-hybridized carbons (Fsp3) is 0.778. The van der Waals surface area contributed by atoms with Crippen molar-refractivity contribution < 1.29 is 4.79 Å². The van der Waals surface area contributed by atoms with Gasteiger partial charge in [0.15, 0.2) is 0 Å². The lowest BCUT2D eigenvalue weighted by Gasteiger charge is -2.26. The zero-order valence-corrected chi connectivity index (χ0v) is 7.18. The fourth-order valence-corrected chi connectivity index (χ4v) is 1.36. The van der Waals surface area contributed by atoms with E-state index in [0.29, 0.717) is 12.3 Å². The number of hydrogen-bond acceptors (Lipinski definition) is 1. The predicted molar refractivity (Wildman–Crippen MR) is 45.0 cm³/mol. The molecule has 0 aromatic carbocycles. The number of likely N-dealkylation sites (tertiary alicyclic amines) is 1. The SMILES string of the molecule is CCCC(=O)N1C[CH]CCC1. The van der Waals surface area contributed by atoms with Gasteiger partial charge in [0.05, 0.1) is 0 Å². The predicted octanol–water partition coefficient (Wildman–Crippen LogP) is 1.61. The monoisotopic (exact) mass is 154 g/mol. The van der Waals surface area contributed by atoms with Crippen molar-refractivity contribution in [3.63, 3.8) is 0 Å². The molecule has 0 unspecified atom stereocenters.